The number of ether oxygens (including phenoxy) is 1. The molecule has 232 valence electrons. The maximum absolute atomic E-state index is 14.7. The first kappa shape index (κ1) is 32.1. The number of nitrogens with zero attached hydrogens (tertiary/aromatic N) is 4. The van der Waals surface area contributed by atoms with E-state index in [0.29, 0.717) is 55.7 Å². The number of likely N-dealkylation sites (tertiary alicyclic amines) is 1. The van der Waals surface area contributed by atoms with Gasteiger partial charge in [-0.25, -0.2) is 14.4 Å². The van der Waals surface area contributed by atoms with Crippen molar-refractivity contribution in [3.63, 3.8) is 0 Å². The first-order valence-corrected chi connectivity index (χ1v) is 15.5. The lowest BCUT2D eigenvalue weighted by Crippen LogP contribution is -2.50. The second-order valence-electron chi connectivity index (χ2n) is 12.1. The summed E-state index contributed by atoms with van der Waals surface area (Å²) < 4.78 is 20.5. The van der Waals surface area contributed by atoms with Crippen LogP contribution in [0.1, 0.15) is 69.4 Å². The topological polar surface area (TPSA) is 119 Å². The molecule has 9 nitrogen and oxygen atoms in total. The summed E-state index contributed by atoms with van der Waals surface area (Å²) in [6.07, 6.45) is 12.0. The number of aliphatic hydroxyl groups excluding tert-OH is 2. The third-order valence-electron chi connectivity index (χ3n) is 8.67. The molecule has 1 amide bonds. The van der Waals surface area contributed by atoms with Crippen LogP contribution in [0.4, 0.5) is 10.3 Å². The van der Waals surface area contributed by atoms with E-state index < -0.39 is 24.6 Å². The number of aliphatic hydroxyl groups is 3. The van der Waals surface area contributed by atoms with Crippen LogP contribution in [-0.2, 0) is 17.6 Å². The highest BCUT2D eigenvalue weighted by Crippen LogP contribution is 2.27. The second kappa shape index (κ2) is 15.6. The van der Waals surface area contributed by atoms with E-state index in [2.05, 4.69) is 21.8 Å². The van der Waals surface area contributed by atoms with Gasteiger partial charge in [0.15, 0.2) is 0 Å². The molecule has 0 atom stereocenters. The first-order valence-electron chi connectivity index (χ1n) is 15.5. The number of anilines is 1. The molecule has 2 fully saturated rings. The summed E-state index contributed by atoms with van der Waals surface area (Å²) in [6, 6.07) is 4.74. The Morgan fingerprint density at radius 1 is 1.07 bits per heavy atom. The van der Waals surface area contributed by atoms with Crippen molar-refractivity contribution in [1.82, 2.24) is 14.9 Å². The van der Waals surface area contributed by atoms with E-state index in [0.717, 1.165) is 64.0 Å². The number of benzene rings is 1. The number of piperidine rings is 1. The van der Waals surface area contributed by atoms with Crippen molar-refractivity contribution < 1.29 is 29.2 Å². The molecule has 4 rings (SSSR count). The van der Waals surface area contributed by atoms with Gasteiger partial charge in [0.05, 0.1) is 26.2 Å². The molecule has 0 spiro atoms. The monoisotopic (exact) mass is 586 g/mol. The third kappa shape index (κ3) is 9.09. The Hall–Kier alpha value is -2.82. The molecule has 42 heavy (non-hydrogen) atoms. The van der Waals surface area contributed by atoms with Crippen molar-refractivity contribution in [2.45, 2.75) is 76.7 Å². The first-order chi connectivity index (χ1) is 20.3. The maximum atomic E-state index is 14.7. The standard InChI is InChI=1S/C32H47FN4O5/c1-2-5-25-18-34-31(35-19-25)36-13-10-24(11-14-36)7-4-15-42-28-9-8-27(29(33)17-28)16-30(40)37-20-26(21-37)6-3-12-32(41,22-38)23-39/h8-9,17-19,24,26,38-39,41H,2-7,10-16,20-23H2,1H3. The van der Waals surface area contributed by atoms with E-state index in [4.69, 9.17) is 14.9 Å². The number of carbonyl (C=O) groups is 1. The van der Waals surface area contributed by atoms with Crippen LogP contribution in [0.25, 0.3) is 0 Å². The Labute approximate surface area is 248 Å². The molecule has 3 heterocycles. The number of aromatic nitrogens is 2. The van der Waals surface area contributed by atoms with E-state index in [1.54, 1.807) is 17.0 Å². The minimum atomic E-state index is -1.44. The summed E-state index contributed by atoms with van der Waals surface area (Å²) >= 11 is 0. The zero-order valence-electron chi connectivity index (χ0n) is 24.9. The van der Waals surface area contributed by atoms with Crippen molar-refractivity contribution in [3.05, 3.63) is 47.5 Å². The van der Waals surface area contributed by atoms with Crippen molar-refractivity contribution >= 4 is 11.9 Å². The fourth-order valence-corrected chi connectivity index (χ4v) is 5.83. The second-order valence-corrected chi connectivity index (χ2v) is 12.1. The molecule has 0 aliphatic carbocycles. The van der Waals surface area contributed by atoms with Crippen molar-refractivity contribution in [2.24, 2.45) is 11.8 Å². The molecule has 0 saturated carbocycles. The number of aryl methyl sites for hydroxylation is 1. The highest BCUT2D eigenvalue weighted by atomic mass is 19.1. The molecule has 0 unspecified atom stereocenters. The largest absolute Gasteiger partial charge is 0.493 e. The lowest BCUT2D eigenvalue weighted by Gasteiger charge is -2.40. The minimum absolute atomic E-state index is 0.0141. The Bertz CT molecular complexity index is 1120. The fraction of sp³-hybridized carbons (Fsp3) is 0.656. The zero-order valence-corrected chi connectivity index (χ0v) is 24.9. The number of amides is 1. The predicted molar refractivity (Wildman–Crippen MR) is 159 cm³/mol. The molecule has 1 aromatic heterocycles. The molecule has 2 aliphatic rings. The van der Waals surface area contributed by atoms with Crippen LogP contribution < -0.4 is 9.64 Å². The highest BCUT2D eigenvalue weighted by molar-refractivity contribution is 5.79. The van der Waals surface area contributed by atoms with Gasteiger partial charge < -0.3 is 29.9 Å². The van der Waals surface area contributed by atoms with E-state index in [1.165, 1.54) is 11.6 Å². The SMILES string of the molecule is CCCc1cnc(N2CCC(CCCOc3ccc(CC(=O)N4CC(CCCC(O)(CO)CO)C4)c(F)c3)CC2)nc1. The molecule has 3 N–H and O–H groups in total. The summed E-state index contributed by atoms with van der Waals surface area (Å²) in [5, 5.41) is 28.3. The average molecular weight is 587 g/mol. The van der Waals surface area contributed by atoms with Gasteiger partial charge in [-0.3, -0.25) is 4.79 Å². The molecule has 2 aromatic rings. The fourth-order valence-electron chi connectivity index (χ4n) is 5.83. The number of hydrogen-bond donors (Lipinski definition) is 3. The molecule has 0 bridgehead atoms. The molecular formula is C32H47FN4O5. The Morgan fingerprint density at radius 3 is 2.40 bits per heavy atom. The van der Waals surface area contributed by atoms with Gasteiger partial charge >= 0.3 is 0 Å². The Balaban J connectivity index is 1.09. The van der Waals surface area contributed by atoms with Gasteiger partial charge in [0, 0.05) is 44.6 Å². The number of rotatable bonds is 16. The summed E-state index contributed by atoms with van der Waals surface area (Å²) in [6.45, 7) is 4.88. The van der Waals surface area contributed by atoms with Crippen LogP contribution in [0.2, 0.25) is 0 Å². The van der Waals surface area contributed by atoms with E-state index >= 15 is 0 Å². The minimum Gasteiger partial charge on any atom is -0.493 e. The van der Waals surface area contributed by atoms with Gasteiger partial charge in [-0.15, -0.1) is 0 Å². The molecule has 2 saturated heterocycles. The van der Waals surface area contributed by atoms with Gasteiger partial charge in [0.1, 0.15) is 17.2 Å². The van der Waals surface area contributed by atoms with Crippen LogP contribution in [0.3, 0.4) is 0 Å². The molecule has 1 aromatic carbocycles. The lowest BCUT2D eigenvalue weighted by molar-refractivity contribution is -0.137. The van der Waals surface area contributed by atoms with Gasteiger partial charge in [-0.1, -0.05) is 19.4 Å². The predicted octanol–water partition coefficient (Wildman–Crippen LogP) is 3.53. The van der Waals surface area contributed by atoms with Crippen LogP contribution in [0.5, 0.6) is 5.75 Å². The lowest BCUT2D eigenvalue weighted by atomic mass is 9.90. The van der Waals surface area contributed by atoms with Crippen LogP contribution in [0.15, 0.2) is 30.6 Å². The van der Waals surface area contributed by atoms with Crippen molar-refractivity contribution in [3.8, 4) is 5.75 Å². The Morgan fingerprint density at radius 2 is 1.76 bits per heavy atom. The molecule has 10 heteroatoms. The van der Waals surface area contributed by atoms with Crippen molar-refractivity contribution in [2.75, 3.05) is 50.9 Å². The quantitative estimate of drug-likeness (QED) is 0.256. The van der Waals surface area contributed by atoms with E-state index in [-0.39, 0.29) is 12.3 Å². The van der Waals surface area contributed by atoms with Crippen LogP contribution in [-0.4, -0.2) is 87.7 Å². The van der Waals surface area contributed by atoms with E-state index in [9.17, 15) is 14.3 Å². The molecular weight excluding hydrogens is 539 g/mol. The maximum Gasteiger partial charge on any atom is 0.227 e. The van der Waals surface area contributed by atoms with E-state index in [1.807, 2.05) is 12.4 Å². The van der Waals surface area contributed by atoms with Gasteiger partial charge in [-0.2, -0.15) is 0 Å². The van der Waals surface area contributed by atoms with Gasteiger partial charge in [0.25, 0.3) is 0 Å². The molecule has 2 aliphatic heterocycles. The average Bonchev–Trinajstić information content (AvgIpc) is 2.98. The normalized spacial score (nSPS) is 16.5. The number of halogens is 1. The Kier molecular flexibility index (Phi) is 11.9. The highest BCUT2D eigenvalue weighted by Gasteiger charge is 2.32. The van der Waals surface area contributed by atoms with Gasteiger partial charge in [-0.05, 0) is 80.4 Å². The third-order valence-corrected chi connectivity index (χ3v) is 8.67. The summed E-state index contributed by atoms with van der Waals surface area (Å²) in [5.74, 6) is 1.73. The zero-order chi connectivity index (χ0) is 30.0. The summed E-state index contributed by atoms with van der Waals surface area (Å²) in [5.41, 5.74) is 0.105. The number of carbonyl (C=O) groups excluding carboxylic acids is 1. The van der Waals surface area contributed by atoms with Gasteiger partial charge in [0.2, 0.25) is 11.9 Å². The van der Waals surface area contributed by atoms with Crippen LogP contribution >= 0.6 is 0 Å². The summed E-state index contributed by atoms with van der Waals surface area (Å²) in [7, 11) is 0. The smallest absolute Gasteiger partial charge is 0.227 e. The summed E-state index contributed by atoms with van der Waals surface area (Å²) in [4.78, 5) is 25.7. The van der Waals surface area contributed by atoms with Crippen LogP contribution in [0, 0.1) is 17.7 Å². The number of hydrogen-bond acceptors (Lipinski definition) is 8. The molecule has 0 radical (unpaired) electrons. The van der Waals surface area contributed by atoms with Crippen molar-refractivity contribution in [1.29, 1.82) is 0 Å².